The molecule has 0 bridgehead atoms. The lowest BCUT2D eigenvalue weighted by Gasteiger charge is -2.37. The number of hydrogen-bond acceptors (Lipinski definition) is 3. The highest BCUT2D eigenvalue weighted by Gasteiger charge is 2.45. The van der Waals surface area contributed by atoms with Gasteiger partial charge in [-0.05, 0) is 26.3 Å². The Balaban J connectivity index is 2.05. The summed E-state index contributed by atoms with van der Waals surface area (Å²) in [5, 5.41) is 0.796. The van der Waals surface area contributed by atoms with Gasteiger partial charge in [0, 0.05) is 29.1 Å². The maximum atomic E-state index is 5.94. The van der Waals surface area contributed by atoms with Crippen molar-refractivity contribution in [2.24, 2.45) is 5.73 Å². The largest absolute Gasteiger partial charge is 0.329 e. The lowest BCUT2D eigenvalue weighted by molar-refractivity contribution is 0.138. The van der Waals surface area contributed by atoms with Crippen molar-refractivity contribution in [3.63, 3.8) is 0 Å². The van der Waals surface area contributed by atoms with Crippen LogP contribution in [0.4, 0.5) is 0 Å². The van der Waals surface area contributed by atoms with E-state index in [4.69, 9.17) is 5.73 Å². The lowest BCUT2D eigenvalue weighted by Crippen LogP contribution is -2.53. The molecule has 1 aliphatic heterocycles. The highest BCUT2D eigenvalue weighted by Crippen LogP contribution is 2.41. The molecule has 1 aliphatic carbocycles. The van der Waals surface area contributed by atoms with Gasteiger partial charge in [-0.3, -0.25) is 4.90 Å². The van der Waals surface area contributed by atoms with Crippen molar-refractivity contribution < 1.29 is 0 Å². The topological polar surface area (TPSA) is 29.3 Å². The summed E-state index contributed by atoms with van der Waals surface area (Å²) in [6.07, 6.45) is 4.05. The molecule has 2 nitrogen and oxygen atoms in total. The van der Waals surface area contributed by atoms with Gasteiger partial charge >= 0.3 is 0 Å². The Labute approximate surface area is 85.2 Å². The van der Waals surface area contributed by atoms with E-state index in [1.807, 2.05) is 0 Å². The molecule has 2 unspecified atom stereocenters. The van der Waals surface area contributed by atoms with Gasteiger partial charge in [0.05, 0.1) is 0 Å². The van der Waals surface area contributed by atoms with Crippen LogP contribution in [0.15, 0.2) is 0 Å². The molecular formula is C10H20N2S. The molecular weight excluding hydrogens is 180 g/mol. The molecule has 0 radical (unpaired) electrons. The molecule has 76 valence electrons. The number of nitrogens with zero attached hydrogens (tertiary/aromatic N) is 1. The van der Waals surface area contributed by atoms with Crippen molar-refractivity contribution >= 4 is 11.8 Å². The molecule has 2 fully saturated rings. The molecule has 0 spiro atoms. The zero-order chi connectivity index (χ0) is 9.47. The van der Waals surface area contributed by atoms with Gasteiger partial charge in [-0.1, -0.05) is 6.92 Å². The SMILES string of the molecule is CC1CC(CN)(N(C)C2CC2)CS1. The van der Waals surface area contributed by atoms with Gasteiger partial charge in [0.25, 0.3) is 0 Å². The zero-order valence-electron chi connectivity index (χ0n) is 8.62. The number of rotatable bonds is 3. The number of likely N-dealkylation sites (N-methyl/N-ethyl adjacent to an activating group) is 1. The smallest absolute Gasteiger partial charge is 0.0432 e. The summed E-state index contributed by atoms with van der Waals surface area (Å²) in [5.41, 5.74) is 6.27. The maximum Gasteiger partial charge on any atom is 0.0432 e. The van der Waals surface area contributed by atoms with Crippen LogP contribution in [0, 0.1) is 0 Å². The molecule has 3 heteroatoms. The van der Waals surface area contributed by atoms with Gasteiger partial charge in [-0.2, -0.15) is 11.8 Å². The van der Waals surface area contributed by atoms with Crippen LogP contribution in [0.3, 0.4) is 0 Å². The first-order valence-electron chi connectivity index (χ1n) is 5.22. The highest BCUT2D eigenvalue weighted by molar-refractivity contribution is 8.00. The highest BCUT2D eigenvalue weighted by atomic mass is 32.2. The number of hydrogen-bond donors (Lipinski definition) is 1. The summed E-state index contributed by atoms with van der Waals surface area (Å²) in [6.45, 7) is 3.15. The predicted octanol–water partition coefficient (Wildman–Crippen LogP) is 1.30. The summed E-state index contributed by atoms with van der Waals surface area (Å²) in [7, 11) is 2.27. The van der Waals surface area contributed by atoms with Crippen LogP contribution < -0.4 is 5.73 Å². The van der Waals surface area contributed by atoms with Crippen molar-refractivity contribution in [2.75, 3.05) is 19.3 Å². The van der Waals surface area contributed by atoms with Crippen molar-refractivity contribution in [1.82, 2.24) is 4.90 Å². The van der Waals surface area contributed by atoms with Crippen molar-refractivity contribution in [3.8, 4) is 0 Å². The molecule has 2 N–H and O–H groups in total. The second-order valence-electron chi connectivity index (χ2n) is 4.60. The summed E-state index contributed by atoms with van der Waals surface area (Å²) in [4.78, 5) is 2.56. The molecule has 1 saturated heterocycles. The summed E-state index contributed by atoms with van der Waals surface area (Å²) >= 11 is 2.08. The zero-order valence-corrected chi connectivity index (χ0v) is 9.44. The third kappa shape index (κ3) is 1.74. The van der Waals surface area contributed by atoms with Crippen molar-refractivity contribution in [1.29, 1.82) is 0 Å². The number of nitrogens with two attached hydrogens (primary N) is 1. The Hall–Kier alpha value is 0.270. The molecule has 13 heavy (non-hydrogen) atoms. The van der Waals surface area contributed by atoms with Gasteiger partial charge in [-0.15, -0.1) is 0 Å². The Kier molecular flexibility index (Phi) is 2.60. The van der Waals surface area contributed by atoms with Crippen LogP contribution in [0.25, 0.3) is 0 Å². The Morgan fingerprint density at radius 2 is 2.23 bits per heavy atom. The van der Waals surface area contributed by atoms with Crippen LogP contribution in [0.1, 0.15) is 26.2 Å². The molecule has 2 aliphatic rings. The molecule has 0 aromatic heterocycles. The van der Waals surface area contributed by atoms with E-state index in [-0.39, 0.29) is 0 Å². The third-order valence-corrected chi connectivity index (χ3v) is 4.97. The van der Waals surface area contributed by atoms with Gasteiger partial charge in [0.1, 0.15) is 0 Å². The fourth-order valence-electron chi connectivity index (χ4n) is 2.33. The monoisotopic (exact) mass is 200 g/mol. The molecule has 1 saturated carbocycles. The van der Waals surface area contributed by atoms with Crippen LogP contribution in [0.2, 0.25) is 0 Å². The minimum atomic E-state index is 0.325. The average molecular weight is 200 g/mol. The Morgan fingerprint density at radius 3 is 2.62 bits per heavy atom. The van der Waals surface area contributed by atoms with E-state index >= 15 is 0 Å². The molecule has 0 aromatic carbocycles. The van der Waals surface area contributed by atoms with E-state index in [1.54, 1.807) is 0 Å². The maximum absolute atomic E-state index is 5.94. The van der Waals surface area contributed by atoms with Gasteiger partial charge < -0.3 is 5.73 Å². The van der Waals surface area contributed by atoms with Gasteiger partial charge in [0.2, 0.25) is 0 Å². The lowest BCUT2D eigenvalue weighted by atomic mass is 9.94. The summed E-state index contributed by atoms with van der Waals surface area (Å²) < 4.78 is 0. The molecule has 2 atom stereocenters. The third-order valence-electron chi connectivity index (χ3n) is 3.53. The first kappa shape index (κ1) is 9.81. The van der Waals surface area contributed by atoms with E-state index in [1.165, 1.54) is 25.0 Å². The molecule has 2 rings (SSSR count). The normalized spacial score (nSPS) is 40.2. The minimum absolute atomic E-state index is 0.325. The van der Waals surface area contributed by atoms with Crippen LogP contribution >= 0.6 is 11.8 Å². The first-order valence-corrected chi connectivity index (χ1v) is 6.27. The fraction of sp³-hybridized carbons (Fsp3) is 1.00. The summed E-state index contributed by atoms with van der Waals surface area (Å²) in [6, 6.07) is 0.842. The second-order valence-corrected chi connectivity index (χ2v) is 6.02. The molecule has 0 aromatic rings. The van der Waals surface area contributed by atoms with Crippen molar-refractivity contribution in [2.45, 2.75) is 43.0 Å². The van der Waals surface area contributed by atoms with Gasteiger partial charge in [0.15, 0.2) is 0 Å². The van der Waals surface area contributed by atoms with Crippen LogP contribution in [-0.2, 0) is 0 Å². The fourth-order valence-corrected chi connectivity index (χ4v) is 3.79. The van der Waals surface area contributed by atoms with E-state index < -0.39 is 0 Å². The Bertz CT molecular complexity index is 193. The predicted molar refractivity (Wildman–Crippen MR) is 59.1 cm³/mol. The van der Waals surface area contributed by atoms with Crippen LogP contribution in [-0.4, -0.2) is 41.1 Å². The minimum Gasteiger partial charge on any atom is -0.329 e. The van der Waals surface area contributed by atoms with E-state index in [2.05, 4.69) is 30.6 Å². The van der Waals surface area contributed by atoms with Gasteiger partial charge in [-0.25, -0.2) is 0 Å². The van der Waals surface area contributed by atoms with E-state index in [0.29, 0.717) is 5.54 Å². The Morgan fingerprint density at radius 1 is 1.54 bits per heavy atom. The quantitative estimate of drug-likeness (QED) is 0.744. The summed E-state index contributed by atoms with van der Waals surface area (Å²) in [5.74, 6) is 1.23. The first-order chi connectivity index (χ1) is 6.18. The second kappa shape index (κ2) is 3.44. The van der Waals surface area contributed by atoms with Crippen molar-refractivity contribution in [3.05, 3.63) is 0 Å². The van der Waals surface area contributed by atoms with E-state index in [9.17, 15) is 0 Å². The number of thioether (sulfide) groups is 1. The average Bonchev–Trinajstić information content (AvgIpc) is 2.89. The molecule has 0 amide bonds. The standard InChI is InChI=1S/C10H20N2S/c1-8-5-10(6-11,7-13-8)12(2)9-3-4-9/h8-9H,3-7,11H2,1-2H3. The molecule has 1 heterocycles. The van der Waals surface area contributed by atoms with E-state index in [0.717, 1.165) is 17.8 Å². The van der Waals surface area contributed by atoms with Crippen LogP contribution in [0.5, 0.6) is 0 Å².